The molecule has 1 heterocycles. The minimum atomic E-state index is -4.41. The Bertz CT molecular complexity index is 322. The summed E-state index contributed by atoms with van der Waals surface area (Å²) in [5.41, 5.74) is 0. The molecule has 1 fully saturated rings. The highest BCUT2D eigenvalue weighted by molar-refractivity contribution is 7.84. The third-order valence-electron chi connectivity index (χ3n) is 1.74. The second-order valence-electron chi connectivity index (χ2n) is 2.48. The average Bonchev–Trinajstić information content (AvgIpc) is 1.85. The number of β-lactam (4-membered cyclic amide) rings is 1. The molecular formula is C5H8N2O4S. The van der Waals surface area contributed by atoms with Crippen LogP contribution in [0.4, 0.5) is 0 Å². The Balaban J connectivity index is 2.90. The smallest absolute Gasteiger partial charge is 0.285 e. The molecule has 1 rings (SSSR count). The zero-order valence-electron chi connectivity index (χ0n) is 6.34. The van der Waals surface area contributed by atoms with E-state index >= 15 is 0 Å². The first-order valence-corrected chi connectivity index (χ1v) is 4.56. The minimum absolute atomic E-state index is 0.381. The Morgan fingerprint density at radius 1 is 1.67 bits per heavy atom. The van der Waals surface area contributed by atoms with Crippen LogP contribution in [0.2, 0.25) is 0 Å². The lowest BCUT2D eigenvalue weighted by molar-refractivity contribution is -0.139. The van der Waals surface area contributed by atoms with Gasteiger partial charge in [-0.2, -0.15) is 8.42 Å². The normalized spacial score (nSPS) is 29.8. The first-order chi connectivity index (χ1) is 5.39. The Morgan fingerprint density at radius 2 is 2.17 bits per heavy atom. The summed E-state index contributed by atoms with van der Waals surface area (Å²) in [6, 6.07) is -1.38. The van der Waals surface area contributed by atoms with Gasteiger partial charge < -0.3 is 0 Å². The quantitative estimate of drug-likeness (QED) is 0.348. The predicted octanol–water partition coefficient (Wildman–Crippen LogP) is -0.911. The summed E-state index contributed by atoms with van der Waals surface area (Å²) in [6.45, 7) is 4.59. The maximum Gasteiger partial charge on any atom is 0.362 e. The standard InChI is InChI=1S/C5H8N2O4S/c1-3-4(6-2)5(8)7(3)12(9,10)11/h3-4H,2H2,1H3,(H,9,10,11)/t3-,4-/m0/s1. The number of carbonyl (C=O) groups excluding carboxylic acids is 1. The van der Waals surface area contributed by atoms with Gasteiger partial charge in [-0.1, -0.05) is 0 Å². The van der Waals surface area contributed by atoms with Crippen LogP contribution in [0, 0.1) is 0 Å². The molecule has 0 aliphatic carbocycles. The molecule has 0 saturated carbocycles. The Hall–Kier alpha value is -0.950. The largest absolute Gasteiger partial charge is 0.362 e. The van der Waals surface area contributed by atoms with Crippen LogP contribution < -0.4 is 0 Å². The number of hydrogen-bond donors (Lipinski definition) is 1. The van der Waals surface area contributed by atoms with E-state index in [-0.39, 0.29) is 0 Å². The SMILES string of the molecule is C=N[C@@H]1C(=O)N(S(=O)(=O)O)[C@H]1C. The van der Waals surface area contributed by atoms with Crippen molar-refractivity contribution < 1.29 is 17.8 Å². The van der Waals surface area contributed by atoms with Crippen molar-refractivity contribution in [3.05, 3.63) is 0 Å². The van der Waals surface area contributed by atoms with Gasteiger partial charge in [-0.05, 0) is 13.6 Å². The minimum Gasteiger partial charge on any atom is -0.285 e. The summed E-state index contributed by atoms with van der Waals surface area (Å²) in [5, 5.41) is 0. The van der Waals surface area contributed by atoms with Crippen LogP contribution in [0.15, 0.2) is 4.99 Å². The molecule has 2 atom stereocenters. The summed E-state index contributed by atoms with van der Waals surface area (Å²) in [7, 11) is -4.41. The van der Waals surface area contributed by atoms with Crippen LogP contribution in [0.3, 0.4) is 0 Å². The van der Waals surface area contributed by atoms with Crippen LogP contribution in [0.5, 0.6) is 0 Å². The Kier molecular flexibility index (Phi) is 1.92. The number of carbonyl (C=O) groups is 1. The van der Waals surface area contributed by atoms with Gasteiger partial charge >= 0.3 is 10.3 Å². The van der Waals surface area contributed by atoms with Crippen molar-refractivity contribution in [3.8, 4) is 0 Å². The zero-order chi connectivity index (χ0) is 9.52. The van der Waals surface area contributed by atoms with E-state index < -0.39 is 28.3 Å². The van der Waals surface area contributed by atoms with E-state index in [2.05, 4.69) is 11.7 Å². The van der Waals surface area contributed by atoms with Crippen molar-refractivity contribution in [2.24, 2.45) is 4.99 Å². The zero-order valence-corrected chi connectivity index (χ0v) is 7.15. The fraction of sp³-hybridized carbons (Fsp3) is 0.600. The van der Waals surface area contributed by atoms with E-state index in [1.54, 1.807) is 0 Å². The van der Waals surface area contributed by atoms with Gasteiger partial charge in [-0.15, -0.1) is 0 Å². The first-order valence-electron chi connectivity index (χ1n) is 3.16. The van der Waals surface area contributed by atoms with Gasteiger partial charge in [0, 0.05) is 0 Å². The Morgan fingerprint density at radius 3 is 2.42 bits per heavy atom. The van der Waals surface area contributed by atoms with E-state index in [4.69, 9.17) is 4.55 Å². The fourth-order valence-electron chi connectivity index (χ4n) is 1.14. The van der Waals surface area contributed by atoms with E-state index in [0.29, 0.717) is 4.31 Å². The van der Waals surface area contributed by atoms with Crippen LogP contribution in [0.1, 0.15) is 6.92 Å². The lowest BCUT2D eigenvalue weighted by Gasteiger charge is -2.39. The third kappa shape index (κ3) is 1.10. The van der Waals surface area contributed by atoms with Crippen molar-refractivity contribution in [2.45, 2.75) is 19.0 Å². The third-order valence-corrected chi connectivity index (χ3v) is 2.75. The number of rotatable bonds is 2. The van der Waals surface area contributed by atoms with Gasteiger partial charge in [-0.25, -0.2) is 4.31 Å². The van der Waals surface area contributed by atoms with Crippen LogP contribution >= 0.6 is 0 Å². The van der Waals surface area contributed by atoms with Crippen molar-refractivity contribution in [1.29, 1.82) is 0 Å². The molecule has 7 heteroatoms. The molecule has 1 amide bonds. The van der Waals surface area contributed by atoms with Crippen LogP contribution in [0.25, 0.3) is 0 Å². The van der Waals surface area contributed by atoms with Crippen molar-refractivity contribution in [3.63, 3.8) is 0 Å². The molecule has 68 valence electrons. The number of nitrogens with zero attached hydrogens (tertiary/aromatic N) is 2. The fourth-order valence-corrected chi connectivity index (χ4v) is 2.01. The van der Waals surface area contributed by atoms with Gasteiger partial charge in [0.1, 0.15) is 0 Å². The Labute approximate surface area is 69.8 Å². The molecular weight excluding hydrogens is 184 g/mol. The molecule has 0 spiro atoms. The number of amides is 1. The van der Waals surface area contributed by atoms with Crippen molar-refractivity contribution >= 4 is 22.9 Å². The summed E-state index contributed by atoms with van der Waals surface area (Å²) in [5.74, 6) is -0.736. The van der Waals surface area contributed by atoms with Crippen LogP contribution in [-0.4, -0.2) is 42.0 Å². The molecule has 6 nitrogen and oxygen atoms in total. The van der Waals surface area contributed by atoms with Crippen molar-refractivity contribution in [1.82, 2.24) is 4.31 Å². The average molecular weight is 192 g/mol. The molecule has 0 aromatic heterocycles. The lowest BCUT2D eigenvalue weighted by Crippen LogP contribution is -2.64. The summed E-state index contributed by atoms with van der Waals surface area (Å²) in [4.78, 5) is 14.3. The molecule has 0 radical (unpaired) electrons. The summed E-state index contributed by atoms with van der Waals surface area (Å²) < 4.78 is 29.9. The molecule has 0 aromatic rings. The van der Waals surface area contributed by atoms with Crippen LogP contribution in [-0.2, 0) is 15.1 Å². The maximum atomic E-state index is 10.9. The number of aliphatic imine (C=N–C) groups is 1. The molecule has 1 saturated heterocycles. The van der Waals surface area contributed by atoms with Gasteiger partial charge in [-0.3, -0.25) is 14.3 Å². The molecule has 0 aromatic carbocycles. The topological polar surface area (TPSA) is 87.0 Å². The van der Waals surface area contributed by atoms with Gasteiger partial charge in [0.05, 0.1) is 6.04 Å². The highest BCUT2D eigenvalue weighted by Gasteiger charge is 2.50. The summed E-state index contributed by atoms with van der Waals surface area (Å²) >= 11 is 0. The van der Waals surface area contributed by atoms with Gasteiger partial charge in [0.25, 0.3) is 5.91 Å². The highest BCUT2D eigenvalue weighted by atomic mass is 32.2. The molecule has 1 N–H and O–H groups in total. The first kappa shape index (κ1) is 9.14. The van der Waals surface area contributed by atoms with Gasteiger partial charge in [0.2, 0.25) is 0 Å². The number of hydrogen-bond acceptors (Lipinski definition) is 4. The van der Waals surface area contributed by atoms with E-state index in [1.807, 2.05) is 0 Å². The second-order valence-corrected chi connectivity index (χ2v) is 3.77. The van der Waals surface area contributed by atoms with E-state index in [0.717, 1.165) is 0 Å². The highest BCUT2D eigenvalue weighted by Crippen LogP contribution is 2.24. The molecule has 1 aliphatic rings. The van der Waals surface area contributed by atoms with Gasteiger partial charge in [0.15, 0.2) is 6.04 Å². The molecule has 12 heavy (non-hydrogen) atoms. The van der Waals surface area contributed by atoms with Crippen molar-refractivity contribution in [2.75, 3.05) is 0 Å². The summed E-state index contributed by atoms with van der Waals surface area (Å²) in [6.07, 6.45) is 0. The van der Waals surface area contributed by atoms with E-state index in [1.165, 1.54) is 6.92 Å². The molecule has 0 unspecified atom stereocenters. The molecule has 0 bridgehead atoms. The maximum absolute atomic E-state index is 10.9. The predicted molar refractivity (Wildman–Crippen MR) is 41.2 cm³/mol. The monoisotopic (exact) mass is 192 g/mol. The second kappa shape index (κ2) is 2.53. The van der Waals surface area contributed by atoms with E-state index in [9.17, 15) is 13.2 Å². The molecule has 1 aliphatic heterocycles. The lowest BCUT2D eigenvalue weighted by atomic mass is 10.0.